The number of nitrogens with one attached hydrogen (secondary N) is 1. The number of thiophene rings is 1. The molecule has 26 heavy (non-hydrogen) atoms. The Morgan fingerprint density at radius 2 is 1.50 bits per heavy atom. The van der Waals surface area contributed by atoms with Gasteiger partial charge in [0.1, 0.15) is 26.5 Å². The van der Waals surface area contributed by atoms with Crippen molar-refractivity contribution in [3.8, 4) is 33.8 Å². The summed E-state index contributed by atoms with van der Waals surface area (Å²) in [4.78, 5) is 15.6. The van der Waals surface area contributed by atoms with Gasteiger partial charge in [-0.1, -0.05) is 35.9 Å². The van der Waals surface area contributed by atoms with E-state index >= 15 is 0 Å². The molecule has 0 spiro atoms. The third-order valence-electron chi connectivity index (χ3n) is 4.08. The molecule has 0 aliphatic carbocycles. The lowest BCUT2D eigenvalue weighted by atomic mass is 10.0. The summed E-state index contributed by atoms with van der Waals surface area (Å²) in [5, 5.41) is 20.7. The standard InChI is InChI=1S/C19H11ClFNO3S/c20-17-13(9-3-7-12(23)8-4-9)15-16(24)14(18(25)22-19(15)26-17)10-1-5-11(21)6-2-10/h1-8,23H,(H2,22,24,25). The Balaban J connectivity index is 2.05. The molecule has 2 aromatic heterocycles. The Morgan fingerprint density at radius 1 is 0.923 bits per heavy atom. The second kappa shape index (κ2) is 6.16. The Labute approximate surface area is 155 Å². The van der Waals surface area contributed by atoms with Gasteiger partial charge in [0.2, 0.25) is 0 Å². The first-order valence-electron chi connectivity index (χ1n) is 7.58. The first-order valence-corrected chi connectivity index (χ1v) is 8.77. The highest BCUT2D eigenvalue weighted by atomic mass is 35.5. The number of aromatic amines is 1. The van der Waals surface area contributed by atoms with E-state index in [-0.39, 0.29) is 17.1 Å². The van der Waals surface area contributed by atoms with Crippen LogP contribution in [0.15, 0.2) is 53.3 Å². The molecule has 0 aliphatic heterocycles. The SMILES string of the molecule is O=c1[nH]c2sc(Cl)c(-c3ccc(O)cc3)c2c(O)c1-c1ccc(F)cc1. The highest BCUT2D eigenvalue weighted by molar-refractivity contribution is 7.23. The van der Waals surface area contributed by atoms with Gasteiger partial charge < -0.3 is 15.2 Å². The molecule has 4 aromatic rings. The molecule has 0 aliphatic rings. The van der Waals surface area contributed by atoms with Gasteiger partial charge in [-0.3, -0.25) is 4.79 Å². The molecule has 0 saturated heterocycles. The van der Waals surface area contributed by atoms with Crippen molar-refractivity contribution in [3.63, 3.8) is 0 Å². The predicted molar refractivity (Wildman–Crippen MR) is 102 cm³/mol. The van der Waals surface area contributed by atoms with Gasteiger partial charge in [-0.05, 0) is 35.4 Å². The molecule has 4 rings (SSSR count). The first kappa shape index (κ1) is 16.6. The van der Waals surface area contributed by atoms with Crippen LogP contribution in [-0.2, 0) is 0 Å². The van der Waals surface area contributed by atoms with Gasteiger partial charge in [0.25, 0.3) is 5.56 Å². The second-order valence-electron chi connectivity index (χ2n) is 5.69. The van der Waals surface area contributed by atoms with Crippen molar-refractivity contribution in [2.45, 2.75) is 0 Å². The number of H-pyrrole nitrogens is 1. The molecule has 0 unspecified atom stereocenters. The smallest absolute Gasteiger partial charge is 0.260 e. The van der Waals surface area contributed by atoms with Crippen molar-refractivity contribution in [3.05, 3.63) is 69.0 Å². The molecule has 0 radical (unpaired) electrons. The molecule has 2 aromatic carbocycles. The van der Waals surface area contributed by atoms with Crippen LogP contribution in [0.4, 0.5) is 4.39 Å². The van der Waals surface area contributed by atoms with E-state index < -0.39 is 11.4 Å². The minimum atomic E-state index is -0.489. The number of hydrogen-bond acceptors (Lipinski definition) is 4. The molecule has 130 valence electrons. The quantitative estimate of drug-likeness (QED) is 0.446. The number of aromatic nitrogens is 1. The normalized spacial score (nSPS) is 11.2. The number of benzene rings is 2. The summed E-state index contributed by atoms with van der Waals surface area (Å²) in [6.07, 6.45) is 0. The van der Waals surface area contributed by atoms with Gasteiger partial charge in [-0.2, -0.15) is 0 Å². The third-order valence-corrected chi connectivity index (χ3v) is 5.40. The van der Waals surface area contributed by atoms with Gasteiger partial charge in [0, 0.05) is 5.56 Å². The fourth-order valence-electron chi connectivity index (χ4n) is 2.89. The van der Waals surface area contributed by atoms with Gasteiger partial charge in [0.05, 0.1) is 10.9 Å². The zero-order valence-electron chi connectivity index (χ0n) is 13.1. The van der Waals surface area contributed by atoms with E-state index in [1.165, 1.54) is 36.4 Å². The summed E-state index contributed by atoms with van der Waals surface area (Å²) in [6, 6.07) is 11.7. The monoisotopic (exact) mass is 387 g/mol. The number of hydrogen-bond donors (Lipinski definition) is 3. The molecular formula is C19H11ClFNO3S. The molecule has 3 N–H and O–H groups in total. The number of phenolic OH excluding ortho intramolecular Hbond substituents is 1. The highest BCUT2D eigenvalue weighted by Gasteiger charge is 2.22. The van der Waals surface area contributed by atoms with Crippen LogP contribution < -0.4 is 5.56 Å². The van der Waals surface area contributed by atoms with Crippen molar-refractivity contribution >= 4 is 33.2 Å². The van der Waals surface area contributed by atoms with E-state index in [1.54, 1.807) is 12.1 Å². The molecule has 0 amide bonds. The Kier molecular flexibility index (Phi) is 3.94. The maximum atomic E-state index is 13.2. The first-order chi connectivity index (χ1) is 12.5. The second-order valence-corrected chi connectivity index (χ2v) is 7.31. The van der Waals surface area contributed by atoms with Crippen LogP contribution >= 0.6 is 22.9 Å². The van der Waals surface area contributed by atoms with Crippen LogP contribution in [0.5, 0.6) is 11.5 Å². The maximum absolute atomic E-state index is 13.2. The summed E-state index contributed by atoms with van der Waals surface area (Å²) >= 11 is 7.50. The average molecular weight is 388 g/mol. The van der Waals surface area contributed by atoms with Crippen molar-refractivity contribution in [2.75, 3.05) is 0 Å². The predicted octanol–water partition coefficient (Wildman–Crippen LogP) is 5.13. The third kappa shape index (κ3) is 2.64. The Hall–Kier alpha value is -2.83. The van der Waals surface area contributed by atoms with Crippen molar-refractivity contribution in [1.29, 1.82) is 0 Å². The highest BCUT2D eigenvalue weighted by Crippen LogP contribution is 2.46. The van der Waals surface area contributed by atoms with Gasteiger partial charge in [0.15, 0.2) is 0 Å². The molecule has 0 saturated carbocycles. The van der Waals surface area contributed by atoms with Gasteiger partial charge in [-0.15, -0.1) is 11.3 Å². The fourth-order valence-corrected chi connectivity index (χ4v) is 4.27. The van der Waals surface area contributed by atoms with Crippen LogP contribution in [0.2, 0.25) is 4.34 Å². The van der Waals surface area contributed by atoms with Crippen LogP contribution in [0, 0.1) is 5.82 Å². The van der Waals surface area contributed by atoms with E-state index in [0.29, 0.717) is 31.2 Å². The molecule has 7 heteroatoms. The van der Waals surface area contributed by atoms with Gasteiger partial charge >= 0.3 is 0 Å². The van der Waals surface area contributed by atoms with E-state index in [9.17, 15) is 19.4 Å². The molecule has 4 nitrogen and oxygen atoms in total. The van der Waals surface area contributed by atoms with Crippen molar-refractivity contribution < 1.29 is 14.6 Å². The lowest BCUT2D eigenvalue weighted by molar-refractivity contribution is 0.475. The number of pyridine rings is 1. The Morgan fingerprint density at radius 3 is 2.15 bits per heavy atom. The summed E-state index contributed by atoms with van der Waals surface area (Å²) in [7, 11) is 0. The number of halogens is 2. The fraction of sp³-hybridized carbons (Fsp3) is 0. The zero-order chi connectivity index (χ0) is 18.4. The van der Waals surface area contributed by atoms with Crippen LogP contribution in [0.3, 0.4) is 0 Å². The van der Waals surface area contributed by atoms with Gasteiger partial charge in [-0.25, -0.2) is 4.39 Å². The van der Waals surface area contributed by atoms with Crippen LogP contribution in [0.25, 0.3) is 32.5 Å². The summed E-state index contributed by atoms with van der Waals surface area (Å²) in [5.41, 5.74) is 1.20. The summed E-state index contributed by atoms with van der Waals surface area (Å²) in [5.74, 6) is -0.551. The lowest BCUT2D eigenvalue weighted by Crippen LogP contribution is -2.08. The average Bonchev–Trinajstić information content (AvgIpc) is 2.93. The molecule has 2 heterocycles. The topological polar surface area (TPSA) is 73.3 Å². The number of rotatable bonds is 2. The van der Waals surface area contributed by atoms with E-state index in [1.807, 2.05) is 0 Å². The lowest BCUT2D eigenvalue weighted by Gasteiger charge is -2.08. The molecule has 0 atom stereocenters. The molecular weight excluding hydrogens is 377 g/mol. The number of fused-ring (bicyclic) bond motifs is 1. The van der Waals surface area contributed by atoms with E-state index in [4.69, 9.17) is 11.6 Å². The summed E-state index contributed by atoms with van der Waals surface area (Å²) in [6.45, 7) is 0. The minimum Gasteiger partial charge on any atom is -0.508 e. The molecule has 0 fully saturated rings. The van der Waals surface area contributed by atoms with Crippen molar-refractivity contribution in [2.24, 2.45) is 0 Å². The van der Waals surface area contributed by atoms with E-state index in [2.05, 4.69) is 4.98 Å². The number of phenols is 1. The Bertz CT molecular complexity index is 1180. The number of aromatic hydroxyl groups is 2. The molecule has 0 bridgehead atoms. The largest absolute Gasteiger partial charge is 0.508 e. The van der Waals surface area contributed by atoms with Crippen LogP contribution in [-0.4, -0.2) is 15.2 Å². The van der Waals surface area contributed by atoms with E-state index in [0.717, 1.165) is 11.3 Å². The minimum absolute atomic E-state index is 0.0481. The van der Waals surface area contributed by atoms with Crippen molar-refractivity contribution in [1.82, 2.24) is 4.98 Å². The van der Waals surface area contributed by atoms with Crippen LogP contribution in [0.1, 0.15) is 0 Å². The zero-order valence-corrected chi connectivity index (χ0v) is 14.7. The summed E-state index contributed by atoms with van der Waals surface area (Å²) < 4.78 is 13.6. The maximum Gasteiger partial charge on any atom is 0.260 e.